The SMILES string of the molecule is CCC(CC)C1=NOC2C=CCCC12. The molecule has 0 saturated carbocycles. The normalized spacial score (nSPS) is 30.1. The summed E-state index contributed by atoms with van der Waals surface area (Å²) >= 11 is 0. The molecular formula is C12H19NO. The maximum absolute atomic E-state index is 5.46. The van der Waals surface area contributed by atoms with Gasteiger partial charge in [-0.3, -0.25) is 0 Å². The fourth-order valence-corrected chi connectivity index (χ4v) is 2.50. The molecular weight excluding hydrogens is 174 g/mol. The third-order valence-corrected chi connectivity index (χ3v) is 3.43. The number of fused-ring (bicyclic) bond motifs is 1. The van der Waals surface area contributed by atoms with Crippen LogP contribution >= 0.6 is 0 Å². The molecule has 78 valence electrons. The number of rotatable bonds is 3. The Morgan fingerprint density at radius 2 is 2.29 bits per heavy atom. The summed E-state index contributed by atoms with van der Waals surface area (Å²) in [4.78, 5) is 5.46. The highest BCUT2D eigenvalue weighted by molar-refractivity contribution is 5.90. The lowest BCUT2D eigenvalue weighted by Gasteiger charge is -2.22. The van der Waals surface area contributed by atoms with Gasteiger partial charge in [0.2, 0.25) is 0 Å². The summed E-state index contributed by atoms with van der Waals surface area (Å²) < 4.78 is 0. The van der Waals surface area contributed by atoms with Gasteiger partial charge in [0.25, 0.3) is 0 Å². The Kier molecular flexibility index (Phi) is 2.90. The second kappa shape index (κ2) is 4.16. The van der Waals surface area contributed by atoms with Crippen LogP contribution in [0.4, 0.5) is 0 Å². The van der Waals surface area contributed by atoms with Crippen LogP contribution in [0.3, 0.4) is 0 Å². The third kappa shape index (κ3) is 1.58. The van der Waals surface area contributed by atoms with Crippen molar-refractivity contribution in [2.75, 3.05) is 0 Å². The van der Waals surface area contributed by atoms with Crippen molar-refractivity contribution < 1.29 is 4.84 Å². The molecule has 0 saturated heterocycles. The number of hydrogen-bond donors (Lipinski definition) is 0. The molecule has 2 heteroatoms. The van der Waals surface area contributed by atoms with E-state index >= 15 is 0 Å². The molecule has 0 aromatic rings. The van der Waals surface area contributed by atoms with Crippen molar-refractivity contribution in [2.24, 2.45) is 17.0 Å². The molecule has 0 fully saturated rings. The molecule has 0 radical (unpaired) electrons. The van der Waals surface area contributed by atoms with Crippen LogP contribution in [-0.2, 0) is 4.84 Å². The average molecular weight is 193 g/mol. The van der Waals surface area contributed by atoms with Gasteiger partial charge in [-0.1, -0.05) is 25.1 Å². The van der Waals surface area contributed by atoms with E-state index in [1.165, 1.54) is 31.4 Å². The van der Waals surface area contributed by atoms with Crippen molar-refractivity contribution in [1.29, 1.82) is 0 Å². The molecule has 1 aliphatic carbocycles. The highest BCUT2D eigenvalue weighted by atomic mass is 16.6. The zero-order valence-electron chi connectivity index (χ0n) is 9.07. The Morgan fingerprint density at radius 3 is 3.00 bits per heavy atom. The summed E-state index contributed by atoms with van der Waals surface area (Å²) in [6, 6.07) is 0. The van der Waals surface area contributed by atoms with Gasteiger partial charge in [0, 0.05) is 11.8 Å². The second-order valence-corrected chi connectivity index (χ2v) is 4.21. The molecule has 0 amide bonds. The first-order chi connectivity index (χ1) is 6.86. The van der Waals surface area contributed by atoms with E-state index in [-0.39, 0.29) is 6.10 Å². The molecule has 2 aliphatic rings. The Morgan fingerprint density at radius 1 is 1.50 bits per heavy atom. The van der Waals surface area contributed by atoms with Gasteiger partial charge in [-0.05, 0) is 31.8 Å². The highest BCUT2D eigenvalue weighted by Gasteiger charge is 2.36. The molecule has 0 aromatic carbocycles. The van der Waals surface area contributed by atoms with Crippen LogP contribution in [0.2, 0.25) is 0 Å². The smallest absolute Gasteiger partial charge is 0.153 e. The minimum Gasteiger partial charge on any atom is -0.388 e. The molecule has 2 nitrogen and oxygen atoms in total. The van der Waals surface area contributed by atoms with Gasteiger partial charge < -0.3 is 4.84 Å². The van der Waals surface area contributed by atoms with Gasteiger partial charge >= 0.3 is 0 Å². The zero-order chi connectivity index (χ0) is 9.97. The Hall–Kier alpha value is -0.790. The van der Waals surface area contributed by atoms with Gasteiger partial charge in [-0.2, -0.15) is 0 Å². The molecule has 14 heavy (non-hydrogen) atoms. The minimum absolute atomic E-state index is 0.249. The second-order valence-electron chi connectivity index (χ2n) is 4.21. The van der Waals surface area contributed by atoms with E-state index in [1.807, 2.05) is 0 Å². The van der Waals surface area contributed by atoms with E-state index in [0.29, 0.717) is 11.8 Å². The lowest BCUT2D eigenvalue weighted by Crippen LogP contribution is -2.28. The number of hydrogen-bond acceptors (Lipinski definition) is 2. The molecule has 2 atom stereocenters. The van der Waals surface area contributed by atoms with Crippen LogP contribution in [0, 0.1) is 11.8 Å². The van der Waals surface area contributed by atoms with Crippen molar-refractivity contribution in [3.8, 4) is 0 Å². The molecule has 0 N–H and O–H groups in total. The standard InChI is InChI=1S/C12H19NO/c1-3-9(4-2)12-10-7-5-6-8-11(10)14-13-12/h6,8-11H,3-5,7H2,1-2H3. The largest absolute Gasteiger partial charge is 0.388 e. The molecule has 0 bridgehead atoms. The van der Waals surface area contributed by atoms with Crippen molar-refractivity contribution >= 4 is 5.71 Å². The molecule has 2 rings (SSSR count). The Bertz CT molecular complexity index is 253. The third-order valence-electron chi connectivity index (χ3n) is 3.43. The first-order valence-electron chi connectivity index (χ1n) is 5.77. The van der Waals surface area contributed by atoms with Crippen LogP contribution in [0.1, 0.15) is 39.5 Å². The van der Waals surface area contributed by atoms with Crippen molar-refractivity contribution in [2.45, 2.75) is 45.6 Å². The Labute approximate surface area is 86.0 Å². The minimum atomic E-state index is 0.249. The van der Waals surface area contributed by atoms with E-state index < -0.39 is 0 Å². The summed E-state index contributed by atoms with van der Waals surface area (Å²) in [6.45, 7) is 4.48. The van der Waals surface area contributed by atoms with Crippen molar-refractivity contribution in [3.05, 3.63) is 12.2 Å². The first kappa shape index (κ1) is 9.75. The summed E-state index contributed by atoms with van der Waals surface area (Å²) in [7, 11) is 0. The topological polar surface area (TPSA) is 21.6 Å². The number of allylic oxidation sites excluding steroid dienone is 1. The number of oxime groups is 1. The van der Waals surface area contributed by atoms with Crippen LogP contribution in [0.5, 0.6) is 0 Å². The zero-order valence-corrected chi connectivity index (χ0v) is 9.07. The summed E-state index contributed by atoms with van der Waals surface area (Å²) in [5.74, 6) is 1.21. The lowest BCUT2D eigenvalue weighted by molar-refractivity contribution is 0.0919. The summed E-state index contributed by atoms with van der Waals surface area (Å²) in [5.41, 5.74) is 1.32. The van der Waals surface area contributed by atoms with Crippen molar-refractivity contribution in [1.82, 2.24) is 0 Å². The van der Waals surface area contributed by atoms with Gasteiger partial charge in [-0.25, -0.2) is 0 Å². The maximum Gasteiger partial charge on any atom is 0.153 e. The van der Waals surface area contributed by atoms with E-state index in [0.717, 1.165) is 0 Å². The predicted molar refractivity (Wildman–Crippen MR) is 58.2 cm³/mol. The van der Waals surface area contributed by atoms with E-state index in [9.17, 15) is 0 Å². The van der Waals surface area contributed by atoms with Gasteiger partial charge in [0.05, 0.1) is 5.71 Å². The van der Waals surface area contributed by atoms with Gasteiger partial charge in [0.1, 0.15) is 0 Å². The first-order valence-corrected chi connectivity index (χ1v) is 5.77. The van der Waals surface area contributed by atoms with Gasteiger partial charge in [0.15, 0.2) is 6.10 Å². The fraction of sp³-hybridized carbons (Fsp3) is 0.750. The molecule has 0 aromatic heterocycles. The molecule has 2 unspecified atom stereocenters. The van der Waals surface area contributed by atoms with E-state index in [4.69, 9.17) is 4.84 Å². The molecule has 1 aliphatic heterocycles. The summed E-state index contributed by atoms with van der Waals surface area (Å²) in [5, 5.41) is 4.29. The Balaban J connectivity index is 2.10. The predicted octanol–water partition coefficient (Wildman–Crippen LogP) is 3.14. The van der Waals surface area contributed by atoms with Gasteiger partial charge in [-0.15, -0.1) is 0 Å². The summed E-state index contributed by atoms with van der Waals surface area (Å²) in [6.07, 6.45) is 9.41. The average Bonchev–Trinajstić information content (AvgIpc) is 2.65. The number of nitrogens with zero attached hydrogens (tertiary/aromatic N) is 1. The van der Waals surface area contributed by atoms with E-state index in [2.05, 4.69) is 31.2 Å². The van der Waals surface area contributed by atoms with Crippen molar-refractivity contribution in [3.63, 3.8) is 0 Å². The highest BCUT2D eigenvalue weighted by Crippen LogP contribution is 2.32. The van der Waals surface area contributed by atoms with Crippen LogP contribution in [-0.4, -0.2) is 11.8 Å². The maximum atomic E-state index is 5.46. The quantitative estimate of drug-likeness (QED) is 0.631. The molecule has 0 spiro atoms. The van der Waals surface area contributed by atoms with Crippen LogP contribution in [0.15, 0.2) is 17.3 Å². The lowest BCUT2D eigenvalue weighted by atomic mass is 9.81. The monoisotopic (exact) mass is 193 g/mol. The van der Waals surface area contributed by atoms with Crippen LogP contribution in [0.25, 0.3) is 0 Å². The molecule has 1 heterocycles. The van der Waals surface area contributed by atoms with E-state index in [1.54, 1.807) is 0 Å². The van der Waals surface area contributed by atoms with Crippen LogP contribution < -0.4 is 0 Å². The fourth-order valence-electron chi connectivity index (χ4n) is 2.50.